The van der Waals surface area contributed by atoms with E-state index in [9.17, 15) is 4.79 Å². The quantitative estimate of drug-likeness (QED) is 0.623. The molecule has 26 heavy (non-hydrogen) atoms. The van der Waals surface area contributed by atoms with E-state index in [-0.39, 0.29) is 5.91 Å². The number of amides is 1. The first-order valence-electron chi connectivity index (χ1n) is 8.28. The predicted octanol–water partition coefficient (Wildman–Crippen LogP) is 3.80. The Bertz CT molecular complexity index is 858. The minimum absolute atomic E-state index is 0.0158. The van der Waals surface area contributed by atoms with Gasteiger partial charge >= 0.3 is 0 Å². The van der Waals surface area contributed by atoms with E-state index in [1.807, 2.05) is 55.5 Å². The fraction of sp³-hybridized carbons (Fsp3) is 0.200. The summed E-state index contributed by atoms with van der Waals surface area (Å²) in [5.74, 6) is 1.12. The number of aromatic nitrogens is 2. The van der Waals surface area contributed by atoms with Crippen LogP contribution in [0.4, 0.5) is 0 Å². The van der Waals surface area contributed by atoms with Gasteiger partial charge in [-0.25, -0.2) is 4.98 Å². The lowest BCUT2D eigenvalue weighted by molar-refractivity contribution is -0.118. The van der Waals surface area contributed by atoms with Crippen molar-refractivity contribution in [1.29, 1.82) is 0 Å². The second kappa shape index (κ2) is 8.58. The van der Waals surface area contributed by atoms with E-state index in [0.717, 1.165) is 27.7 Å². The van der Waals surface area contributed by atoms with Gasteiger partial charge in [-0.15, -0.1) is 0 Å². The molecule has 1 amide bonds. The zero-order chi connectivity index (χ0) is 18.4. The number of nitrogens with one attached hydrogen (secondary N) is 2. The molecular weight excluding hydrogens is 346 g/mol. The molecule has 0 aliphatic rings. The van der Waals surface area contributed by atoms with Gasteiger partial charge in [-0.1, -0.05) is 41.6 Å². The summed E-state index contributed by atoms with van der Waals surface area (Å²) in [6.45, 7) is 2.58. The topological polar surface area (TPSA) is 67.0 Å². The summed E-state index contributed by atoms with van der Waals surface area (Å²) in [6.07, 6.45) is 1.77. The van der Waals surface area contributed by atoms with Crippen LogP contribution in [0.3, 0.4) is 0 Å². The summed E-state index contributed by atoms with van der Waals surface area (Å²) < 4.78 is 5.16. The van der Waals surface area contributed by atoms with E-state index < -0.39 is 0 Å². The minimum atomic E-state index is -0.0158. The first kappa shape index (κ1) is 18.1. The molecule has 3 aromatic rings. The average molecular weight is 367 g/mol. The number of hydrogen-bond donors (Lipinski definition) is 2. The first-order chi connectivity index (χ1) is 12.6. The number of thioether (sulfide) groups is 1. The summed E-state index contributed by atoms with van der Waals surface area (Å²) in [4.78, 5) is 19.6. The largest absolute Gasteiger partial charge is 0.497 e. The van der Waals surface area contributed by atoms with Gasteiger partial charge in [0.2, 0.25) is 5.91 Å². The SMILES string of the molecule is COc1ccc(-c2cnc(SCC(=O)NCc3ccc(C)cc3)[nH]2)cc1. The van der Waals surface area contributed by atoms with E-state index in [1.165, 1.54) is 17.3 Å². The summed E-state index contributed by atoms with van der Waals surface area (Å²) in [5.41, 5.74) is 4.24. The van der Waals surface area contributed by atoms with E-state index in [0.29, 0.717) is 12.3 Å². The lowest BCUT2D eigenvalue weighted by Gasteiger charge is -2.05. The standard InChI is InChI=1S/C20H21N3O2S/c1-14-3-5-15(6-4-14)11-21-19(24)13-26-20-22-12-18(23-20)16-7-9-17(25-2)10-8-16/h3-10,12H,11,13H2,1-2H3,(H,21,24)(H,22,23). The van der Waals surface area contributed by atoms with Crippen molar-refractivity contribution in [3.05, 3.63) is 65.9 Å². The van der Waals surface area contributed by atoms with Crippen LogP contribution >= 0.6 is 11.8 Å². The van der Waals surface area contributed by atoms with Gasteiger partial charge in [0.15, 0.2) is 5.16 Å². The van der Waals surface area contributed by atoms with Crippen LogP contribution < -0.4 is 10.1 Å². The first-order valence-corrected chi connectivity index (χ1v) is 9.27. The molecule has 0 unspecified atom stereocenters. The highest BCUT2D eigenvalue weighted by atomic mass is 32.2. The molecule has 0 radical (unpaired) electrons. The van der Waals surface area contributed by atoms with Crippen molar-refractivity contribution in [2.24, 2.45) is 0 Å². The van der Waals surface area contributed by atoms with Crippen molar-refractivity contribution in [2.45, 2.75) is 18.6 Å². The molecule has 1 heterocycles. The molecule has 2 N–H and O–H groups in total. The van der Waals surface area contributed by atoms with Crippen molar-refractivity contribution in [1.82, 2.24) is 15.3 Å². The zero-order valence-corrected chi connectivity index (χ0v) is 15.6. The summed E-state index contributed by atoms with van der Waals surface area (Å²) >= 11 is 1.39. The molecule has 0 atom stereocenters. The van der Waals surface area contributed by atoms with Crippen molar-refractivity contribution in [3.8, 4) is 17.0 Å². The van der Waals surface area contributed by atoms with Crippen LogP contribution in [0.1, 0.15) is 11.1 Å². The van der Waals surface area contributed by atoms with Crippen molar-refractivity contribution in [3.63, 3.8) is 0 Å². The second-order valence-electron chi connectivity index (χ2n) is 5.88. The maximum absolute atomic E-state index is 12.0. The van der Waals surface area contributed by atoms with Crippen molar-refractivity contribution < 1.29 is 9.53 Å². The van der Waals surface area contributed by atoms with Crippen molar-refractivity contribution >= 4 is 17.7 Å². The molecule has 0 saturated heterocycles. The normalized spacial score (nSPS) is 10.5. The number of benzene rings is 2. The molecule has 134 valence electrons. The van der Waals surface area contributed by atoms with Crippen LogP contribution in [0.25, 0.3) is 11.3 Å². The van der Waals surface area contributed by atoms with Gasteiger partial charge in [-0.3, -0.25) is 4.79 Å². The Morgan fingerprint density at radius 1 is 1.15 bits per heavy atom. The van der Waals surface area contributed by atoms with Gasteiger partial charge in [-0.05, 0) is 42.3 Å². The van der Waals surface area contributed by atoms with E-state index >= 15 is 0 Å². The number of carbonyl (C=O) groups excluding carboxylic acids is 1. The third-order valence-electron chi connectivity index (χ3n) is 3.90. The molecule has 0 aliphatic heterocycles. The monoisotopic (exact) mass is 367 g/mol. The Morgan fingerprint density at radius 2 is 1.88 bits per heavy atom. The van der Waals surface area contributed by atoms with Crippen LogP contribution in [0, 0.1) is 6.92 Å². The lowest BCUT2D eigenvalue weighted by atomic mass is 10.1. The van der Waals surface area contributed by atoms with Gasteiger partial charge in [0, 0.05) is 6.54 Å². The van der Waals surface area contributed by atoms with Gasteiger partial charge in [0.05, 0.1) is 24.8 Å². The van der Waals surface area contributed by atoms with Gasteiger partial charge in [0.1, 0.15) is 5.75 Å². The molecule has 6 heteroatoms. The van der Waals surface area contributed by atoms with E-state index in [2.05, 4.69) is 15.3 Å². The Labute approximate surface area is 157 Å². The zero-order valence-electron chi connectivity index (χ0n) is 14.8. The molecule has 0 bridgehead atoms. The highest BCUT2D eigenvalue weighted by molar-refractivity contribution is 7.99. The Balaban J connectivity index is 1.49. The number of imidazole rings is 1. The average Bonchev–Trinajstić information content (AvgIpc) is 3.15. The minimum Gasteiger partial charge on any atom is -0.497 e. The Morgan fingerprint density at radius 3 is 2.58 bits per heavy atom. The third kappa shape index (κ3) is 4.89. The molecule has 0 aliphatic carbocycles. The maximum Gasteiger partial charge on any atom is 0.230 e. The molecule has 0 saturated carbocycles. The number of nitrogens with zero attached hydrogens (tertiary/aromatic N) is 1. The van der Waals surface area contributed by atoms with Crippen LogP contribution in [0.2, 0.25) is 0 Å². The second-order valence-corrected chi connectivity index (χ2v) is 6.85. The van der Waals surface area contributed by atoms with Gasteiger partial charge in [0.25, 0.3) is 0 Å². The number of carbonyl (C=O) groups is 1. The molecule has 5 nitrogen and oxygen atoms in total. The number of aryl methyl sites for hydroxylation is 1. The summed E-state index contributed by atoms with van der Waals surface area (Å²) in [6, 6.07) is 15.9. The molecule has 1 aromatic heterocycles. The molecule has 0 fully saturated rings. The number of ether oxygens (including phenoxy) is 1. The van der Waals surface area contributed by atoms with Crippen molar-refractivity contribution in [2.75, 3.05) is 12.9 Å². The van der Waals surface area contributed by atoms with Gasteiger partial charge < -0.3 is 15.0 Å². The van der Waals surface area contributed by atoms with Gasteiger partial charge in [-0.2, -0.15) is 0 Å². The summed E-state index contributed by atoms with van der Waals surface area (Å²) in [5, 5.41) is 3.65. The Kier molecular flexibility index (Phi) is 5.96. The smallest absolute Gasteiger partial charge is 0.230 e. The molecule has 2 aromatic carbocycles. The van der Waals surface area contributed by atoms with E-state index in [1.54, 1.807) is 13.3 Å². The molecule has 3 rings (SSSR count). The van der Waals surface area contributed by atoms with Crippen LogP contribution in [-0.2, 0) is 11.3 Å². The molecular formula is C20H21N3O2S. The summed E-state index contributed by atoms with van der Waals surface area (Å²) in [7, 11) is 1.64. The number of rotatable bonds is 7. The van der Waals surface area contributed by atoms with E-state index in [4.69, 9.17) is 4.74 Å². The number of H-pyrrole nitrogens is 1. The number of aromatic amines is 1. The number of hydrogen-bond acceptors (Lipinski definition) is 4. The maximum atomic E-state index is 12.0. The number of methoxy groups -OCH3 is 1. The molecule has 0 spiro atoms. The Hall–Kier alpha value is -2.73. The predicted molar refractivity (Wildman–Crippen MR) is 104 cm³/mol. The van der Waals surface area contributed by atoms with Crippen LogP contribution in [-0.4, -0.2) is 28.7 Å². The third-order valence-corrected chi connectivity index (χ3v) is 4.79. The lowest BCUT2D eigenvalue weighted by Crippen LogP contribution is -2.24. The fourth-order valence-electron chi connectivity index (χ4n) is 2.39. The van der Waals surface area contributed by atoms with Crippen LogP contribution in [0.5, 0.6) is 5.75 Å². The fourth-order valence-corrected chi connectivity index (χ4v) is 3.06. The highest BCUT2D eigenvalue weighted by Crippen LogP contribution is 2.23. The van der Waals surface area contributed by atoms with Crippen LogP contribution in [0.15, 0.2) is 59.9 Å². The highest BCUT2D eigenvalue weighted by Gasteiger charge is 2.07.